The van der Waals surface area contributed by atoms with E-state index in [0.29, 0.717) is 17.7 Å². The summed E-state index contributed by atoms with van der Waals surface area (Å²) < 4.78 is 15.4. The Balaban J connectivity index is 2.02. The maximum Gasteiger partial charge on any atom is 0.360 e. The fourth-order valence-electron chi connectivity index (χ4n) is 2.49. The van der Waals surface area contributed by atoms with Gasteiger partial charge in [0, 0.05) is 17.5 Å². The molecule has 0 N–H and O–H groups in total. The Kier molecular flexibility index (Phi) is 4.61. The Hall–Kier alpha value is -3.08. The van der Waals surface area contributed by atoms with E-state index in [4.69, 9.17) is 14.0 Å². The molecule has 0 aliphatic heterocycles. The largest absolute Gasteiger partial charge is 0.497 e. The first kappa shape index (κ1) is 15.8. The van der Waals surface area contributed by atoms with Gasteiger partial charge in [-0.3, -0.25) is 0 Å². The number of hydrogen-bond acceptors (Lipinski definition) is 5. The fourth-order valence-corrected chi connectivity index (χ4v) is 2.49. The first-order valence-corrected chi connectivity index (χ1v) is 7.48. The van der Waals surface area contributed by atoms with Crippen LogP contribution in [0.15, 0.2) is 59.1 Å². The highest BCUT2D eigenvalue weighted by atomic mass is 16.5. The van der Waals surface area contributed by atoms with Crippen LogP contribution < -0.4 is 4.74 Å². The van der Waals surface area contributed by atoms with Crippen molar-refractivity contribution < 1.29 is 18.8 Å². The van der Waals surface area contributed by atoms with Crippen molar-refractivity contribution in [2.45, 2.75) is 6.42 Å². The van der Waals surface area contributed by atoms with Crippen molar-refractivity contribution in [3.05, 3.63) is 71.4 Å². The molecule has 1 heterocycles. The van der Waals surface area contributed by atoms with Crippen molar-refractivity contribution in [1.29, 1.82) is 0 Å². The van der Waals surface area contributed by atoms with Crippen molar-refractivity contribution in [3.63, 3.8) is 0 Å². The molecule has 24 heavy (non-hydrogen) atoms. The highest BCUT2D eigenvalue weighted by molar-refractivity contribution is 5.90. The summed E-state index contributed by atoms with van der Waals surface area (Å²) in [6.07, 6.45) is 0.502. The van der Waals surface area contributed by atoms with E-state index in [1.165, 1.54) is 7.11 Å². The zero-order chi connectivity index (χ0) is 16.9. The molecule has 0 spiro atoms. The molecule has 3 aromatic rings. The summed E-state index contributed by atoms with van der Waals surface area (Å²) in [5, 5.41) is 3.92. The summed E-state index contributed by atoms with van der Waals surface area (Å²) in [5.74, 6) is 0.844. The predicted octanol–water partition coefficient (Wildman–Crippen LogP) is 3.73. The summed E-state index contributed by atoms with van der Waals surface area (Å²) in [4.78, 5) is 12.0. The second-order valence-corrected chi connectivity index (χ2v) is 5.22. The second-order valence-electron chi connectivity index (χ2n) is 5.22. The van der Waals surface area contributed by atoms with Crippen molar-refractivity contribution >= 4 is 5.97 Å². The number of carbonyl (C=O) groups is 1. The standard InChI is InChI=1S/C19H17NO4/c1-22-15-10-8-13(9-11-15)12-16-17(19(21)23-2)20-24-18(16)14-6-4-3-5-7-14/h3-11H,12H2,1-2H3. The number of hydrogen-bond donors (Lipinski definition) is 0. The highest BCUT2D eigenvalue weighted by Gasteiger charge is 2.23. The molecule has 0 aliphatic carbocycles. The molecule has 0 amide bonds. The van der Waals surface area contributed by atoms with Gasteiger partial charge in [-0.15, -0.1) is 0 Å². The quantitative estimate of drug-likeness (QED) is 0.670. The maximum absolute atomic E-state index is 12.0. The SMILES string of the molecule is COC(=O)c1noc(-c2ccccc2)c1Cc1ccc(OC)cc1. The summed E-state index contributed by atoms with van der Waals surface area (Å²) in [6.45, 7) is 0. The average Bonchev–Trinajstić information content (AvgIpc) is 3.06. The molecule has 122 valence electrons. The minimum atomic E-state index is -0.510. The van der Waals surface area contributed by atoms with Crippen LogP contribution >= 0.6 is 0 Å². The van der Waals surface area contributed by atoms with Gasteiger partial charge in [-0.25, -0.2) is 4.79 Å². The van der Waals surface area contributed by atoms with Gasteiger partial charge in [0.25, 0.3) is 0 Å². The van der Waals surface area contributed by atoms with Crippen molar-refractivity contribution in [2.75, 3.05) is 14.2 Å². The Morgan fingerprint density at radius 1 is 1.04 bits per heavy atom. The zero-order valence-electron chi connectivity index (χ0n) is 13.5. The average molecular weight is 323 g/mol. The molecule has 0 atom stereocenters. The molecule has 0 fully saturated rings. The molecule has 0 unspecified atom stereocenters. The molecule has 5 heteroatoms. The van der Waals surface area contributed by atoms with Crippen LogP contribution in [0, 0.1) is 0 Å². The van der Waals surface area contributed by atoms with Gasteiger partial charge in [-0.2, -0.15) is 0 Å². The van der Waals surface area contributed by atoms with E-state index in [0.717, 1.165) is 16.9 Å². The number of rotatable bonds is 5. The van der Waals surface area contributed by atoms with Gasteiger partial charge in [0.2, 0.25) is 0 Å². The van der Waals surface area contributed by atoms with Crippen LogP contribution in [0.2, 0.25) is 0 Å². The predicted molar refractivity (Wildman–Crippen MR) is 89.1 cm³/mol. The van der Waals surface area contributed by atoms with E-state index in [1.54, 1.807) is 7.11 Å². The fraction of sp³-hybridized carbons (Fsp3) is 0.158. The molecule has 0 radical (unpaired) electrons. The maximum atomic E-state index is 12.0. The lowest BCUT2D eigenvalue weighted by atomic mass is 9.99. The molecule has 0 saturated carbocycles. The van der Waals surface area contributed by atoms with Crippen molar-refractivity contribution in [1.82, 2.24) is 5.16 Å². The smallest absolute Gasteiger partial charge is 0.360 e. The lowest BCUT2D eigenvalue weighted by Crippen LogP contribution is -2.06. The Labute approximate surface area is 139 Å². The summed E-state index contributed by atoms with van der Waals surface area (Å²) in [6, 6.07) is 17.2. The van der Waals surface area contributed by atoms with Gasteiger partial charge in [0.1, 0.15) is 5.75 Å². The number of benzene rings is 2. The normalized spacial score (nSPS) is 10.4. The third-order valence-corrected chi connectivity index (χ3v) is 3.74. The van der Waals surface area contributed by atoms with Gasteiger partial charge in [-0.1, -0.05) is 47.6 Å². The first-order chi connectivity index (χ1) is 11.7. The summed E-state index contributed by atoms with van der Waals surface area (Å²) >= 11 is 0. The number of aromatic nitrogens is 1. The van der Waals surface area contributed by atoms with Gasteiger partial charge in [0.05, 0.1) is 14.2 Å². The second kappa shape index (κ2) is 7.00. The van der Waals surface area contributed by atoms with Crippen LogP contribution in [0.1, 0.15) is 21.6 Å². The van der Waals surface area contributed by atoms with Crippen LogP contribution in [0.4, 0.5) is 0 Å². The zero-order valence-corrected chi connectivity index (χ0v) is 13.5. The molecule has 0 saturated heterocycles. The van der Waals surface area contributed by atoms with Crippen molar-refractivity contribution in [2.24, 2.45) is 0 Å². The van der Waals surface area contributed by atoms with Crippen LogP contribution in [0.5, 0.6) is 5.75 Å². The Morgan fingerprint density at radius 3 is 2.38 bits per heavy atom. The van der Waals surface area contributed by atoms with Gasteiger partial charge < -0.3 is 14.0 Å². The van der Waals surface area contributed by atoms with Gasteiger partial charge >= 0.3 is 5.97 Å². The van der Waals surface area contributed by atoms with Gasteiger partial charge in [-0.05, 0) is 17.7 Å². The van der Waals surface area contributed by atoms with Gasteiger partial charge in [0.15, 0.2) is 11.5 Å². The number of nitrogens with zero attached hydrogens (tertiary/aromatic N) is 1. The van der Waals surface area contributed by atoms with E-state index in [9.17, 15) is 4.79 Å². The molecular formula is C19H17NO4. The third kappa shape index (κ3) is 3.15. The number of methoxy groups -OCH3 is 2. The molecule has 3 rings (SSSR count). The van der Waals surface area contributed by atoms with E-state index < -0.39 is 5.97 Å². The number of carbonyl (C=O) groups excluding carboxylic acids is 1. The van der Waals surface area contributed by atoms with Crippen molar-refractivity contribution in [3.8, 4) is 17.1 Å². The van der Waals surface area contributed by atoms with Crippen LogP contribution in [0.3, 0.4) is 0 Å². The summed E-state index contributed by atoms with van der Waals surface area (Å²) in [5.41, 5.74) is 2.79. The van der Waals surface area contributed by atoms with E-state index in [2.05, 4.69) is 5.16 Å². The summed E-state index contributed by atoms with van der Waals surface area (Å²) in [7, 11) is 2.95. The molecule has 0 aliphatic rings. The third-order valence-electron chi connectivity index (χ3n) is 3.74. The molecule has 1 aromatic heterocycles. The molecule has 5 nitrogen and oxygen atoms in total. The topological polar surface area (TPSA) is 61.6 Å². The minimum Gasteiger partial charge on any atom is -0.497 e. The molecule has 2 aromatic carbocycles. The molecule has 0 bridgehead atoms. The van der Waals surface area contributed by atoms with E-state index >= 15 is 0 Å². The lowest BCUT2D eigenvalue weighted by molar-refractivity contribution is 0.0588. The highest BCUT2D eigenvalue weighted by Crippen LogP contribution is 2.29. The number of ether oxygens (including phenoxy) is 2. The van der Waals surface area contributed by atoms with Crippen LogP contribution in [0.25, 0.3) is 11.3 Å². The van der Waals surface area contributed by atoms with Crippen LogP contribution in [-0.4, -0.2) is 25.3 Å². The van der Waals surface area contributed by atoms with E-state index in [1.807, 2.05) is 54.6 Å². The lowest BCUT2D eigenvalue weighted by Gasteiger charge is -2.05. The van der Waals surface area contributed by atoms with E-state index in [-0.39, 0.29) is 5.69 Å². The van der Waals surface area contributed by atoms with Crippen LogP contribution in [-0.2, 0) is 11.2 Å². The number of esters is 1. The Bertz CT molecular complexity index is 822. The Morgan fingerprint density at radius 2 is 1.75 bits per heavy atom. The monoisotopic (exact) mass is 323 g/mol. The minimum absolute atomic E-state index is 0.201. The molecular weight excluding hydrogens is 306 g/mol. The first-order valence-electron chi connectivity index (χ1n) is 7.48.